The molecule has 114 valence electrons. The highest BCUT2D eigenvalue weighted by atomic mass is 35.5. The van der Waals surface area contributed by atoms with Crippen LogP contribution in [0.1, 0.15) is 5.56 Å². The van der Waals surface area contributed by atoms with Crippen LogP contribution < -0.4 is 11.1 Å². The Bertz CT molecular complexity index is 900. The maximum atomic E-state index is 6.17. The molecule has 0 fully saturated rings. The normalized spacial score (nSPS) is 11.4. The molecule has 3 rings (SSSR count). The van der Waals surface area contributed by atoms with Crippen LogP contribution in [0.5, 0.6) is 0 Å². The molecule has 3 aromatic carbocycles. The van der Waals surface area contributed by atoms with Crippen molar-refractivity contribution < 1.29 is 0 Å². The van der Waals surface area contributed by atoms with E-state index in [-0.39, 0.29) is 5.96 Å². The van der Waals surface area contributed by atoms with Crippen molar-refractivity contribution in [1.29, 1.82) is 0 Å². The van der Waals surface area contributed by atoms with Gasteiger partial charge in [0.25, 0.3) is 0 Å². The minimum Gasteiger partial charge on any atom is -0.369 e. The molecule has 0 spiro atoms. The lowest BCUT2D eigenvalue weighted by Gasteiger charge is -2.09. The summed E-state index contributed by atoms with van der Waals surface area (Å²) >= 11 is 11.1. The zero-order valence-corrected chi connectivity index (χ0v) is 13.7. The molecule has 0 saturated heterocycles. The van der Waals surface area contributed by atoms with Crippen molar-refractivity contribution >= 4 is 57.3 Å². The number of hydrogen-bond donors (Lipinski definition) is 2. The first-order valence-corrected chi connectivity index (χ1v) is 7.86. The second-order valence-electron chi connectivity index (χ2n) is 4.98. The number of rotatable bonds is 3. The van der Waals surface area contributed by atoms with Crippen LogP contribution in [0.25, 0.3) is 10.8 Å². The summed E-state index contributed by atoms with van der Waals surface area (Å²) in [7, 11) is 0. The summed E-state index contributed by atoms with van der Waals surface area (Å²) in [5.41, 5.74) is 8.39. The molecule has 0 aromatic heterocycles. The third kappa shape index (κ3) is 3.50. The van der Waals surface area contributed by atoms with Crippen molar-refractivity contribution in [3.8, 4) is 0 Å². The van der Waals surface area contributed by atoms with Crippen molar-refractivity contribution in [1.82, 2.24) is 0 Å². The molecule has 0 aliphatic carbocycles. The van der Waals surface area contributed by atoms with Crippen LogP contribution in [0.3, 0.4) is 0 Å². The minimum atomic E-state index is 0.268. The third-order valence-corrected chi connectivity index (χ3v) is 4.00. The van der Waals surface area contributed by atoms with Crippen LogP contribution in [0, 0.1) is 0 Å². The van der Waals surface area contributed by atoms with E-state index in [4.69, 9.17) is 29.6 Å². The van der Waals surface area contributed by atoms with E-state index in [2.05, 4.69) is 10.3 Å². The lowest BCUT2D eigenvalue weighted by molar-refractivity contribution is 1.46. The van der Waals surface area contributed by atoms with Gasteiger partial charge in [-0.05, 0) is 29.1 Å². The SMILES string of the molecule is NC(=Nc1cccc2ccccc12)Nc1cc(C=S)ccc1Cl. The predicted molar refractivity (Wildman–Crippen MR) is 103 cm³/mol. The topological polar surface area (TPSA) is 50.4 Å². The number of halogens is 1. The van der Waals surface area contributed by atoms with E-state index in [9.17, 15) is 0 Å². The Morgan fingerprint density at radius 1 is 1.09 bits per heavy atom. The maximum absolute atomic E-state index is 6.17. The molecule has 0 bridgehead atoms. The first kappa shape index (κ1) is 15.5. The number of guanidine groups is 1. The van der Waals surface area contributed by atoms with Crippen LogP contribution in [0.2, 0.25) is 5.02 Å². The van der Waals surface area contributed by atoms with E-state index in [1.807, 2.05) is 54.6 Å². The van der Waals surface area contributed by atoms with E-state index in [1.165, 1.54) is 0 Å². The van der Waals surface area contributed by atoms with Crippen molar-refractivity contribution in [2.24, 2.45) is 10.7 Å². The summed E-state index contributed by atoms with van der Waals surface area (Å²) in [5, 5.41) is 7.32. The fraction of sp³-hybridized carbons (Fsp3) is 0. The number of thiocarbonyl (C=S) groups is 1. The van der Waals surface area contributed by atoms with Gasteiger partial charge in [0.05, 0.1) is 16.4 Å². The predicted octanol–water partition coefficient (Wildman–Crippen LogP) is 4.90. The Kier molecular flexibility index (Phi) is 4.55. The highest BCUT2D eigenvalue weighted by Gasteiger charge is 2.04. The molecule has 23 heavy (non-hydrogen) atoms. The van der Waals surface area contributed by atoms with Crippen LogP contribution >= 0.6 is 23.8 Å². The van der Waals surface area contributed by atoms with Crippen molar-refractivity contribution in [3.63, 3.8) is 0 Å². The fourth-order valence-electron chi connectivity index (χ4n) is 2.31. The van der Waals surface area contributed by atoms with Gasteiger partial charge < -0.3 is 11.1 Å². The van der Waals surface area contributed by atoms with Crippen LogP contribution in [-0.2, 0) is 0 Å². The van der Waals surface area contributed by atoms with Gasteiger partial charge in [-0.3, -0.25) is 0 Å². The van der Waals surface area contributed by atoms with Gasteiger partial charge in [-0.1, -0.05) is 66.3 Å². The number of benzene rings is 3. The first-order chi connectivity index (χ1) is 11.2. The van der Waals surface area contributed by atoms with Gasteiger partial charge in [-0.25, -0.2) is 4.99 Å². The fourth-order valence-corrected chi connectivity index (χ4v) is 2.62. The molecular formula is C18H14ClN3S. The van der Waals surface area contributed by atoms with Gasteiger partial charge in [0, 0.05) is 10.8 Å². The smallest absolute Gasteiger partial charge is 0.198 e. The van der Waals surface area contributed by atoms with Gasteiger partial charge in [-0.2, -0.15) is 0 Å². The summed E-state index contributed by atoms with van der Waals surface area (Å²) in [6, 6.07) is 19.4. The molecule has 0 saturated carbocycles. The largest absolute Gasteiger partial charge is 0.369 e. The summed E-state index contributed by atoms with van der Waals surface area (Å²) < 4.78 is 0. The van der Waals surface area contributed by atoms with Crippen LogP contribution in [0.4, 0.5) is 11.4 Å². The minimum absolute atomic E-state index is 0.268. The van der Waals surface area contributed by atoms with Crippen molar-refractivity contribution in [2.45, 2.75) is 0 Å². The third-order valence-electron chi connectivity index (χ3n) is 3.40. The second kappa shape index (κ2) is 6.77. The zero-order chi connectivity index (χ0) is 16.2. The van der Waals surface area contributed by atoms with Gasteiger partial charge >= 0.3 is 0 Å². The van der Waals surface area contributed by atoms with Gasteiger partial charge in [0.15, 0.2) is 5.96 Å². The monoisotopic (exact) mass is 339 g/mol. The summed E-state index contributed by atoms with van der Waals surface area (Å²) in [6.07, 6.45) is 0. The highest BCUT2D eigenvalue weighted by Crippen LogP contribution is 2.26. The lowest BCUT2D eigenvalue weighted by Crippen LogP contribution is -2.22. The Balaban J connectivity index is 1.95. The Labute approximate surface area is 144 Å². The van der Waals surface area contributed by atoms with Gasteiger partial charge in [-0.15, -0.1) is 0 Å². The van der Waals surface area contributed by atoms with Crippen LogP contribution in [-0.4, -0.2) is 11.3 Å². The Morgan fingerprint density at radius 3 is 2.70 bits per heavy atom. The summed E-state index contributed by atoms with van der Waals surface area (Å²) in [4.78, 5) is 4.47. The van der Waals surface area contributed by atoms with Gasteiger partial charge in [0.2, 0.25) is 0 Å². The number of nitrogens with two attached hydrogens (primary N) is 1. The molecule has 5 heteroatoms. The van der Waals surface area contributed by atoms with E-state index >= 15 is 0 Å². The van der Waals surface area contributed by atoms with E-state index in [1.54, 1.807) is 11.4 Å². The van der Waals surface area contributed by atoms with E-state index in [0.29, 0.717) is 10.7 Å². The molecule has 0 heterocycles. The molecule has 0 atom stereocenters. The first-order valence-electron chi connectivity index (χ1n) is 7.01. The average Bonchev–Trinajstić information content (AvgIpc) is 2.57. The average molecular weight is 340 g/mol. The maximum Gasteiger partial charge on any atom is 0.198 e. The highest BCUT2D eigenvalue weighted by molar-refractivity contribution is 7.79. The number of anilines is 1. The Morgan fingerprint density at radius 2 is 1.87 bits per heavy atom. The number of nitrogens with zero attached hydrogens (tertiary/aromatic N) is 1. The second-order valence-corrected chi connectivity index (χ2v) is 5.62. The van der Waals surface area contributed by atoms with Gasteiger partial charge in [0.1, 0.15) is 0 Å². The lowest BCUT2D eigenvalue weighted by atomic mass is 10.1. The van der Waals surface area contributed by atoms with Crippen molar-refractivity contribution in [3.05, 3.63) is 71.2 Å². The molecule has 3 nitrogen and oxygen atoms in total. The zero-order valence-electron chi connectivity index (χ0n) is 12.2. The Hall–Kier alpha value is -2.43. The molecular weight excluding hydrogens is 326 g/mol. The number of nitrogens with one attached hydrogen (secondary N) is 1. The standard InChI is InChI=1S/C18H14ClN3S/c19-15-9-8-12(11-23)10-17(15)22-18(20)21-16-7-3-5-13-4-1-2-6-14(13)16/h1-11H,(H3,20,21,22). The molecule has 0 aliphatic heterocycles. The molecule has 0 unspecified atom stereocenters. The van der Waals surface area contributed by atoms with Crippen molar-refractivity contribution in [2.75, 3.05) is 5.32 Å². The number of hydrogen-bond acceptors (Lipinski definition) is 2. The molecule has 0 amide bonds. The number of fused-ring (bicyclic) bond motifs is 1. The summed E-state index contributed by atoms with van der Waals surface area (Å²) in [6.45, 7) is 0. The molecule has 0 radical (unpaired) electrons. The number of aliphatic imine (C=N–C) groups is 1. The molecule has 3 aromatic rings. The molecule has 0 aliphatic rings. The van der Waals surface area contributed by atoms with Crippen LogP contribution in [0.15, 0.2) is 65.7 Å². The molecule has 3 N–H and O–H groups in total. The van der Waals surface area contributed by atoms with E-state index < -0.39 is 0 Å². The summed E-state index contributed by atoms with van der Waals surface area (Å²) in [5.74, 6) is 0.268. The quantitative estimate of drug-likeness (QED) is 0.405. The van der Waals surface area contributed by atoms with E-state index in [0.717, 1.165) is 22.0 Å².